The van der Waals surface area contributed by atoms with Gasteiger partial charge in [0.1, 0.15) is 5.75 Å². The van der Waals surface area contributed by atoms with E-state index < -0.39 is 6.10 Å². The number of cyclic esters (lactones) is 1. The van der Waals surface area contributed by atoms with Crippen LogP contribution in [0.25, 0.3) is 0 Å². The monoisotopic (exact) mass is 356 g/mol. The summed E-state index contributed by atoms with van der Waals surface area (Å²) in [6, 6.07) is 11.4. The second-order valence-electron chi connectivity index (χ2n) is 5.91. The van der Waals surface area contributed by atoms with Crippen LogP contribution in [-0.4, -0.2) is 25.8 Å². The molecule has 138 valence electrons. The lowest BCUT2D eigenvalue weighted by molar-refractivity contribution is -0.148. The molecule has 5 heteroatoms. The predicted octanol–water partition coefficient (Wildman–Crippen LogP) is 4.07. The Kier molecular flexibility index (Phi) is 5.66. The SMILES string of the molecule is CCOc1ccc([C@@H]2OC(=O)Cc3cc(OCC)c(OCC)cc32)cc1. The number of hydrogen-bond acceptors (Lipinski definition) is 5. The molecule has 0 radical (unpaired) electrons. The summed E-state index contributed by atoms with van der Waals surface area (Å²) in [7, 11) is 0. The fourth-order valence-electron chi connectivity index (χ4n) is 3.10. The summed E-state index contributed by atoms with van der Waals surface area (Å²) >= 11 is 0. The molecule has 1 aliphatic heterocycles. The average Bonchev–Trinajstić information content (AvgIpc) is 2.63. The first-order valence-corrected chi connectivity index (χ1v) is 9.00. The fourth-order valence-corrected chi connectivity index (χ4v) is 3.10. The molecule has 0 spiro atoms. The number of carbonyl (C=O) groups excluding carboxylic acids is 1. The number of carbonyl (C=O) groups is 1. The zero-order valence-electron chi connectivity index (χ0n) is 15.4. The summed E-state index contributed by atoms with van der Waals surface area (Å²) in [6.45, 7) is 7.47. The maximum absolute atomic E-state index is 12.1. The number of hydrogen-bond donors (Lipinski definition) is 0. The highest BCUT2D eigenvalue weighted by Gasteiger charge is 2.30. The van der Waals surface area contributed by atoms with Gasteiger partial charge in [-0.3, -0.25) is 4.79 Å². The molecule has 0 N–H and O–H groups in total. The molecule has 0 fully saturated rings. The van der Waals surface area contributed by atoms with Crippen molar-refractivity contribution in [2.24, 2.45) is 0 Å². The van der Waals surface area contributed by atoms with Crippen molar-refractivity contribution in [3.8, 4) is 17.2 Å². The Balaban J connectivity index is 2.01. The molecule has 0 bridgehead atoms. The summed E-state index contributed by atoms with van der Waals surface area (Å²) in [5, 5.41) is 0. The van der Waals surface area contributed by atoms with Crippen molar-refractivity contribution >= 4 is 5.97 Å². The van der Waals surface area contributed by atoms with Gasteiger partial charge in [0, 0.05) is 5.56 Å². The van der Waals surface area contributed by atoms with Crippen molar-refractivity contribution < 1.29 is 23.7 Å². The third-order valence-electron chi connectivity index (χ3n) is 4.17. The molecule has 1 heterocycles. The Bertz CT molecular complexity index is 767. The van der Waals surface area contributed by atoms with Crippen LogP contribution >= 0.6 is 0 Å². The highest BCUT2D eigenvalue weighted by Crippen LogP contribution is 2.40. The van der Waals surface area contributed by atoms with Crippen molar-refractivity contribution in [2.75, 3.05) is 19.8 Å². The Hall–Kier alpha value is -2.69. The molecule has 0 unspecified atom stereocenters. The Morgan fingerprint density at radius 2 is 1.54 bits per heavy atom. The molecule has 1 aliphatic rings. The molecule has 0 aromatic heterocycles. The van der Waals surface area contributed by atoms with Crippen LogP contribution in [0.2, 0.25) is 0 Å². The summed E-state index contributed by atoms with van der Waals surface area (Å²) in [6.07, 6.45) is -0.230. The van der Waals surface area contributed by atoms with Crippen LogP contribution in [0.3, 0.4) is 0 Å². The van der Waals surface area contributed by atoms with Crippen molar-refractivity contribution in [1.29, 1.82) is 0 Å². The van der Waals surface area contributed by atoms with Gasteiger partial charge in [0.25, 0.3) is 0 Å². The number of fused-ring (bicyclic) bond motifs is 1. The van der Waals surface area contributed by atoms with Crippen LogP contribution in [0, 0.1) is 0 Å². The van der Waals surface area contributed by atoms with Gasteiger partial charge in [-0.25, -0.2) is 0 Å². The molecular formula is C21H24O5. The summed E-state index contributed by atoms with van der Waals surface area (Å²) < 4.78 is 22.6. The molecule has 26 heavy (non-hydrogen) atoms. The smallest absolute Gasteiger partial charge is 0.311 e. The number of ether oxygens (including phenoxy) is 4. The average molecular weight is 356 g/mol. The van der Waals surface area contributed by atoms with Crippen LogP contribution in [0.5, 0.6) is 17.2 Å². The maximum atomic E-state index is 12.1. The topological polar surface area (TPSA) is 54.0 Å². The van der Waals surface area contributed by atoms with Gasteiger partial charge in [-0.2, -0.15) is 0 Å². The van der Waals surface area contributed by atoms with Crippen LogP contribution in [0.15, 0.2) is 36.4 Å². The van der Waals surface area contributed by atoms with E-state index in [9.17, 15) is 4.79 Å². The van der Waals surface area contributed by atoms with Gasteiger partial charge in [-0.15, -0.1) is 0 Å². The van der Waals surface area contributed by atoms with E-state index in [1.807, 2.05) is 57.2 Å². The van der Waals surface area contributed by atoms with Crippen LogP contribution in [-0.2, 0) is 16.0 Å². The molecule has 0 amide bonds. The minimum Gasteiger partial charge on any atom is -0.494 e. The lowest BCUT2D eigenvalue weighted by Crippen LogP contribution is -2.22. The third-order valence-corrected chi connectivity index (χ3v) is 4.17. The van der Waals surface area contributed by atoms with Crippen LogP contribution in [0.1, 0.15) is 43.6 Å². The first-order chi connectivity index (χ1) is 12.7. The van der Waals surface area contributed by atoms with E-state index in [1.165, 1.54) is 0 Å². The minimum atomic E-state index is -0.461. The van der Waals surface area contributed by atoms with E-state index in [4.69, 9.17) is 18.9 Å². The highest BCUT2D eigenvalue weighted by molar-refractivity contribution is 5.77. The molecule has 2 aromatic rings. The largest absolute Gasteiger partial charge is 0.494 e. The van der Waals surface area contributed by atoms with E-state index >= 15 is 0 Å². The van der Waals surface area contributed by atoms with Gasteiger partial charge in [0.15, 0.2) is 17.6 Å². The first kappa shape index (κ1) is 18.1. The van der Waals surface area contributed by atoms with E-state index in [0.29, 0.717) is 31.3 Å². The molecule has 0 saturated heterocycles. The second-order valence-corrected chi connectivity index (χ2v) is 5.91. The van der Waals surface area contributed by atoms with Gasteiger partial charge >= 0.3 is 5.97 Å². The molecule has 3 rings (SSSR count). The Morgan fingerprint density at radius 1 is 0.923 bits per heavy atom. The van der Waals surface area contributed by atoms with E-state index in [1.54, 1.807) is 0 Å². The number of esters is 1. The second kappa shape index (κ2) is 8.13. The normalized spacial score (nSPS) is 15.8. The van der Waals surface area contributed by atoms with E-state index in [0.717, 1.165) is 22.4 Å². The summed E-state index contributed by atoms with van der Waals surface area (Å²) in [5.74, 6) is 1.87. The number of benzene rings is 2. The van der Waals surface area contributed by atoms with Gasteiger partial charge in [-0.1, -0.05) is 12.1 Å². The van der Waals surface area contributed by atoms with Crippen LogP contribution in [0.4, 0.5) is 0 Å². The van der Waals surface area contributed by atoms with Crippen molar-refractivity contribution in [2.45, 2.75) is 33.3 Å². The zero-order valence-corrected chi connectivity index (χ0v) is 15.4. The molecule has 5 nitrogen and oxygen atoms in total. The summed E-state index contributed by atoms with van der Waals surface area (Å²) in [5.41, 5.74) is 2.74. The van der Waals surface area contributed by atoms with E-state index in [2.05, 4.69) is 0 Å². The third kappa shape index (κ3) is 3.77. The first-order valence-electron chi connectivity index (χ1n) is 9.00. The Morgan fingerprint density at radius 3 is 2.15 bits per heavy atom. The zero-order chi connectivity index (χ0) is 18.5. The predicted molar refractivity (Wildman–Crippen MR) is 98.0 cm³/mol. The van der Waals surface area contributed by atoms with Gasteiger partial charge < -0.3 is 18.9 Å². The molecule has 2 aromatic carbocycles. The molecular weight excluding hydrogens is 332 g/mol. The van der Waals surface area contributed by atoms with Crippen molar-refractivity contribution in [3.63, 3.8) is 0 Å². The van der Waals surface area contributed by atoms with Gasteiger partial charge in [-0.05, 0) is 56.2 Å². The highest BCUT2D eigenvalue weighted by atomic mass is 16.5. The van der Waals surface area contributed by atoms with Gasteiger partial charge in [0.05, 0.1) is 26.2 Å². The maximum Gasteiger partial charge on any atom is 0.311 e. The fraction of sp³-hybridized carbons (Fsp3) is 0.381. The quantitative estimate of drug-likeness (QED) is 0.700. The van der Waals surface area contributed by atoms with Crippen LogP contribution < -0.4 is 14.2 Å². The summed E-state index contributed by atoms with van der Waals surface area (Å²) in [4.78, 5) is 12.1. The standard InChI is InChI=1S/C21H24O5/c1-4-23-16-9-7-14(8-10-16)21-17-13-19(25-6-3)18(24-5-2)11-15(17)12-20(22)26-21/h7-11,13,21H,4-6,12H2,1-3H3/t21-/m0/s1. The molecule has 1 atom stereocenters. The number of rotatable bonds is 7. The van der Waals surface area contributed by atoms with E-state index in [-0.39, 0.29) is 12.4 Å². The van der Waals surface area contributed by atoms with Crippen molar-refractivity contribution in [1.82, 2.24) is 0 Å². The lowest BCUT2D eigenvalue weighted by atomic mass is 9.92. The molecule has 0 aliphatic carbocycles. The van der Waals surface area contributed by atoms with Gasteiger partial charge in [0.2, 0.25) is 0 Å². The minimum absolute atomic E-state index is 0.231. The van der Waals surface area contributed by atoms with Crippen molar-refractivity contribution in [3.05, 3.63) is 53.1 Å². The Labute approximate surface area is 153 Å². The molecule has 0 saturated carbocycles. The lowest BCUT2D eigenvalue weighted by Gasteiger charge is -2.27.